The predicted octanol–water partition coefficient (Wildman–Crippen LogP) is 4.39. The van der Waals surface area contributed by atoms with Gasteiger partial charge in [-0.1, -0.05) is 35.9 Å². The molecule has 4 rings (SSSR count). The summed E-state index contributed by atoms with van der Waals surface area (Å²) in [4.78, 5) is 43.5. The maximum absolute atomic E-state index is 13.4. The Kier molecular flexibility index (Phi) is 6.24. The number of aromatic nitrogens is 1. The van der Waals surface area contributed by atoms with E-state index in [4.69, 9.17) is 11.6 Å². The summed E-state index contributed by atoms with van der Waals surface area (Å²) >= 11 is 6.25. The Morgan fingerprint density at radius 1 is 1.00 bits per heavy atom. The molecule has 166 valence electrons. The van der Waals surface area contributed by atoms with E-state index in [1.165, 1.54) is 11.8 Å². The van der Waals surface area contributed by atoms with Gasteiger partial charge in [0.2, 0.25) is 5.91 Å². The molecule has 2 heterocycles. The van der Waals surface area contributed by atoms with Crippen LogP contribution in [-0.2, 0) is 20.9 Å². The van der Waals surface area contributed by atoms with Crippen LogP contribution in [-0.4, -0.2) is 27.6 Å². The van der Waals surface area contributed by atoms with Crippen LogP contribution in [0, 0.1) is 6.92 Å². The van der Waals surface area contributed by atoms with E-state index in [1.807, 2.05) is 6.92 Å². The second-order valence-electron chi connectivity index (χ2n) is 7.56. The fourth-order valence-electron chi connectivity index (χ4n) is 3.56. The highest BCUT2D eigenvalue weighted by Gasteiger charge is 2.39. The molecule has 0 atom stereocenters. The number of pyridine rings is 1. The van der Waals surface area contributed by atoms with Crippen LogP contribution in [0.25, 0.3) is 5.57 Å². The zero-order valence-electron chi connectivity index (χ0n) is 18.1. The maximum atomic E-state index is 13.4. The second-order valence-corrected chi connectivity index (χ2v) is 7.97. The van der Waals surface area contributed by atoms with Crippen LogP contribution < -0.4 is 10.6 Å². The molecule has 0 bridgehead atoms. The predicted molar refractivity (Wildman–Crippen MR) is 127 cm³/mol. The molecule has 0 aliphatic carbocycles. The summed E-state index contributed by atoms with van der Waals surface area (Å²) in [7, 11) is 0. The van der Waals surface area contributed by atoms with Gasteiger partial charge in [-0.3, -0.25) is 24.3 Å². The standard InChI is InChI=1S/C25H21ClN4O3/c1-15-20(26)7-5-8-21(15)29-23-22(17-9-11-18(12-10-17)28-16(2)31)24(32)30(25(23)33)14-19-6-3-4-13-27-19/h3-13,29H,14H2,1-2H3,(H,28,31). The van der Waals surface area contributed by atoms with Crippen LogP contribution in [0.4, 0.5) is 11.4 Å². The van der Waals surface area contributed by atoms with Crippen LogP contribution in [0.2, 0.25) is 5.02 Å². The summed E-state index contributed by atoms with van der Waals surface area (Å²) in [5.41, 5.74) is 3.53. The Balaban J connectivity index is 1.75. The van der Waals surface area contributed by atoms with Gasteiger partial charge in [-0.2, -0.15) is 0 Å². The minimum Gasteiger partial charge on any atom is -0.350 e. The fourth-order valence-corrected chi connectivity index (χ4v) is 3.73. The fraction of sp³-hybridized carbons (Fsp3) is 0.120. The lowest BCUT2D eigenvalue weighted by atomic mass is 10.0. The highest BCUT2D eigenvalue weighted by Crippen LogP contribution is 2.33. The largest absolute Gasteiger partial charge is 0.350 e. The van der Waals surface area contributed by atoms with Crippen molar-refractivity contribution in [3.05, 3.63) is 94.4 Å². The van der Waals surface area contributed by atoms with Crippen molar-refractivity contribution < 1.29 is 14.4 Å². The number of carbonyl (C=O) groups excluding carboxylic acids is 3. The maximum Gasteiger partial charge on any atom is 0.278 e. The second kappa shape index (κ2) is 9.26. The third kappa shape index (κ3) is 4.63. The third-order valence-corrected chi connectivity index (χ3v) is 5.65. The molecule has 1 aromatic heterocycles. The molecule has 0 radical (unpaired) electrons. The smallest absolute Gasteiger partial charge is 0.278 e. The molecule has 3 aromatic rings. The van der Waals surface area contributed by atoms with Gasteiger partial charge in [-0.25, -0.2) is 0 Å². The first-order chi connectivity index (χ1) is 15.8. The Morgan fingerprint density at radius 3 is 2.42 bits per heavy atom. The van der Waals surface area contributed by atoms with E-state index >= 15 is 0 Å². The van der Waals surface area contributed by atoms with Gasteiger partial charge in [0.1, 0.15) is 5.70 Å². The number of carbonyl (C=O) groups is 3. The van der Waals surface area contributed by atoms with Crippen LogP contribution in [0.1, 0.15) is 23.7 Å². The number of amides is 3. The molecular weight excluding hydrogens is 440 g/mol. The number of nitrogens with one attached hydrogen (secondary N) is 2. The number of imide groups is 1. The number of anilines is 2. The first-order valence-corrected chi connectivity index (χ1v) is 10.6. The molecule has 0 spiro atoms. The van der Waals surface area contributed by atoms with E-state index in [2.05, 4.69) is 15.6 Å². The lowest BCUT2D eigenvalue weighted by Crippen LogP contribution is -2.32. The van der Waals surface area contributed by atoms with Crippen molar-refractivity contribution in [1.29, 1.82) is 0 Å². The SMILES string of the molecule is CC(=O)Nc1ccc(C2=C(Nc3cccc(Cl)c3C)C(=O)N(Cc3ccccn3)C2=O)cc1. The molecule has 0 unspecified atom stereocenters. The van der Waals surface area contributed by atoms with Crippen molar-refractivity contribution in [3.8, 4) is 0 Å². The Hall–Kier alpha value is -3.97. The number of benzene rings is 2. The van der Waals surface area contributed by atoms with E-state index in [1.54, 1.807) is 66.9 Å². The normalized spacial score (nSPS) is 13.5. The molecular formula is C25H21ClN4O3. The van der Waals surface area contributed by atoms with Crippen molar-refractivity contribution in [1.82, 2.24) is 9.88 Å². The van der Waals surface area contributed by atoms with E-state index in [0.717, 1.165) is 5.56 Å². The molecule has 0 saturated carbocycles. The Morgan fingerprint density at radius 2 is 1.76 bits per heavy atom. The van der Waals surface area contributed by atoms with Crippen LogP contribution >= 0.6 is 11.6 Å². The average Bonchev–Trinajstić information content (AvgIpc) is 3.02. The molecule has 33 heavy (non-hydrogen) atoms. The minimum atomic E-state index is -0.453. The van der Waals surface area contributed by atoms with Crippen molar-refractivity contribution in [3.63, 3.8) is 0 Å². The molecule has 1 aliphatic rings. The van der Waals surface area contributed by atoms with Crippen molar-refractivity contribution in [2.75, 3.05) is 10.6 Å². The summed E-state index contributed by atoms with van der Waals surface area (Å²) in [6.07, 6.45) is 1.62. The number of nitrogens with zero attached hydrogens (tertiary/aromatic N) is 2. The zero-order valence-corrected chi connectivity index (χ0v) is 18.8. The van der Waals surface area contributed by atoms with Crippen molar-refractivity contribution in [2.24, 2.45) is 0 Å². The van der Waals surface area contributed by atoms with Gasteiger partial charge in [-0.05, 0) is 54.4 Å². The summed E-state index contributed by atoms with van der Waals surface area (Å²) < 4.78 is 0. The minimum absolute atomic E-state index is 0.0473. The third-order valence-electron chi connectivity index (χ3n) is 5.24. The molecule has 7 nitrogen and oxygen atoms in total. The first kappa shape index (κ1) is 22.2. The van der Waals surface area contributed by atoms with Gasteiger partial charge in [0, 0.05) is 29.5 Å². The summed E-state index contributed by atoms with van der Waals surface area (Å²) in [5.74, 6) is -1.08. The van der Waals surface area contributed by atoms with E-state index in [9.17, 15) is 14.4 Å². The van der Waals surface area contributed by atoms with Gasteiger partial charge in [0.25, 0.3) is 11.8 Å². The average molecular weight is 461 g/mol. The highest BCUT2D eigenvalue weighted by molar-refractivity contribution is 6.36. The topological polar surface area (TPSA) is 91.4 Å². The van der Waals surface area contributed by atoms with Gasteiger partial charge < -0.3 is 10.6 Å². The van der Waals surface area contributed by atoms with E-state index in [0.29, 0.717) is 27.7 Å². The lowest BCUT2D eigenvalue weighted by Gasteiger charge is -2.15. The number of halogens is 1. The monoisotopic (exact) mass is 460 g/mol. The van der Waals surface area contributed by atoms with Crippen LogP contribution in [0.3, 0.4) is 0 Å². The summed E-state index contributed by atoms with van der Waals surface area (Å²) in [5, 5.41) is 6.37. The highest BCUT2D eigenvalue weighted by atomic mass is 35.5. The summed E-state index contributed by atoms with van der Waals surface area (Å²) in [6.45, 7) is 3.30. The molecule has 1 aliphatic heterocycles. The van der Waals surface area contributed by atoms with Gasteiger partial charge >= 0.3 is 0 Å². The number of hydrogen-bond acceptors (Lipinski definition) is 5. The first-order valence-electron chi connectivity index (χ1n) is 10.3. The van der Waals surface area contributed by atoms with E-state index < -0.39 is 11.8 Å². The van der Waals surface area contributed by atoms with Gasteiger partial charge in [-0.15, -0.1) is 0 Å². The lowest BCUT2D eigenvalue weighted by molar-refractivity contribution is -0.137. The van der Waals surface area contributed by atoms with Crippen LogP contribution in [0.15, 0.2) is 72.6 Å². The van der Waals surface area contributed by atoms with Crippen molar-refractivity contribution in [2.45, 2.75) is 20.4 Å². The van der Waals surface area contributed by atoms with Gasteiger partial charge in [0.15, 0.2) is 0 Å². The van der Waals surface area contributed by atoms with Crippen LogP contribution in [0.5, 0.6) is 0 Å². The van der Waals surface area contributed by atoms with E-state index in [-0.39, 0.29) is 23.7 Å². The molecule has 3 amide bonds. The van der Waals surface area contributed by atoms with Gasteiger partial charge in [0.05, 0.1) is 17.8 Å². The van der Waals surface area contributed by atoms with Crippen molar-refractivity contribution >= 4 is 46.3 Å². The molecule has 2 N–H and O–H groups in total. The molecule has 0 saturated heterocycles. The Bertz CT molecular complexity index is 1270. The molecule has 2 aromatic carbocycles. The number of rotatable bonds is 6. The summed E-state index contributed by atoms with van der Waals surface area (Å²) in [6, 6.07) is 17.4. The number of hydrogen-bond donors (Lipinski definition) is 2. The quantitative estimate of drug-likeness (QED) is 0.532. The molecule has 0 fully saturated rings. The molecule has 8 heteroatoms. The zero-order chi connectivity index (χ0) is 23.5. The Labute approximate surface area is 196 Å².